The molecule has 1 unspecified atom stereocenters. The molecule has 0 radical (unpaired) electrons. The second-order valence-electron chi connectivity index (χ2n) is 14.5. The molecule has 18 heteroatoms. The summed E-state index contributed by atoms with van der Waals surface area (Å²) in [7, 11) is 0. The van der Waals surface area contributed by atoms with Crippen molar-refractivity contribution in [2.45, 2.75) is 44.8 Å². The van der Waals surface area contributed by atoms with Gasteiger partial charge in [0.1, 0.15) is 29.2 Å². The van der Waals surface area contributed by atoms with Gasteiger partial charge in [-0.1, -0.05) is 36.7 Å². The van der Waals surface area contributed by atoms with Crippen LogP contribution < -0.4 is 26.9 Å². The van der Waals surface area contributed by atoms with Crippen LogP contribution in [0.15, 0.2) is 70.3 Å². The zero-order valence-electron chi connectivity index (χ0n) is 34.3. The van der Waals surface area contributed by atoms with E-state index in [1.165, 1.54) is 0 Å². The van der Waals surface area contributed by atoms with Crippen LogP contribution >= 0.6 is 0 Å². The van der Waals surface area contributed by atoms with E-state index in [1.54, 1.807) is 24.3 Å². The number of carbonyl (C=O) groups excluding carboxylic acids is 4. The second kappa shape index (κ2) is 22.6. The Hall–Kier alpha value is -5.92. The molecule has 6 N–H and O–H groups in total. The van der Waals surface area contributed by atoms with E-state index in [-0.39, 0.29) is 35.9 Å². The highest BCUT2D eigenvalue weighted by Crippen LogP contribution is 2.33. The monoisotopic (exact) mass is 842 g/mol. The molecular formula is C43H54N8O10. The van der Waals surface area contributed by atoms with Gasteiger partial charge >= 0.3 is 0 Å². The highest BCUT2D eigenvalue weighted by atomic mass is 16.6. The molecule has 6 rings (SSSR count). The van der Waals surface area contributed by atoms with E-state index in [2.05, 4.69) is 25.8 Å². The fourth-order valence-corrected chi connectivity index (χ4v) is 7.29. The number of piperidine rings is 1. The molecule has 0 saturated carbocycles. The van der Waals surface area contributed by atoms with Crippen LogP contribution in [0.1, 0.15) is 58.9 Å². The van der Waals surface area contributed by atoms with Crippen LogP contribution in [0, 0.1) is 0 Å². The molecule has 3 heterocycles. The standard InChI is InChI=1S/C43H54N8O10/c1-2-5-37(41(53)47-28-52)51-42(54)33-8-4-9-36(38(33)43(51)55)46-14-18-56-20-22-58-24-25-59-23-21-57-19-17-50-15-12-31(13-16-50)60-32-7-3-6-29(26-32)39-34-27-30(40(44)48-45)10-11-35(34)49-61-39/h3-4,6-11,26-28,31,37,46H,2,5,12-25,45H2,1H3,(H2,44,48)(H,47,52,53). The number of carbonyl (C=O) groups is 4. The molecule has 4 amide bonds. The zero-order chi connectivity index (χ0) is 43.0. The Kier molecular flexibility index (Phi) is 16.5. The summed E-state index contributed by atoms with van der Waals surface area (Å²) in [5.41, 5.74) is 9.04. The lowest BCUT2D eigenvalue weighted by Gasteiger charge is -2.32. The van der Waals surface area contributed by atoms with Gasteiger partial charge in [-0.15, -0.1) is 0 Å². The minimum absolute atomic E-state index is 0.111. The number of rotatable bonds is 25. The molecule has 1 fully saturated rings. The third-order valence-corrected chi connectivity index (χ3v) is 10.4. The second-order valence-corrected chi connectivity index (χ2v) is 14.5. The van der Waals surface area contributed by atoms with E-state index in [0.29, 0.717) is 88.3 Å². The lowest BCUT2D eigenvalue weighted by Crippen LogP contribution is -2.49. The number of imide groups is 2. The van der Waals surface area contributed by atoms with Gasteiger partial charge in [0.05, 0.1) is 69.4 Å². The summed E-state index contributed by atoms with van der Waals surface area (Å²) in [6, 6.07) is 17.2. The summed E-state index contributed by atoms with van der Waals surface area (Å²) in [5.74, 6) is 5.17. The van der Waals surface area contributed by atoms with Gasteiger partial charge in [0.15, 0.2) is 5.76 Å². The maximum atomic E-state index is 13.3. The van der Waals surface area contributed by atoms with Crippen molar-refractivity contribution in [1.82, 2.24) is 20.3 Å². The van der Waals surface area contributed by atoms with Gasteiger partial charge in [-0.25, -0.2) is 0 Å². The molecule has 1 saturated heterocycles. The topological polar surface area (TPSA) is 235 Å². The minimum atomic E-state index is -1.08. The first-order chi connectivity index (χ1) is 29.8. The minimum Gasteiger partial charge on any atom is -0.490 e. The number of nitrogens with two attached hydrogens (primary N) is 2. The highest BCUT2D eigenvalue weighted by molar-refractivity contribution is 6.25. The zero-order valence-corrected chi connectivity index (χ0v) is 34.3. The van der Waals surface area contributed by atoms with Crippen LogP contribution in [0.3, 0.4) is 0 Å². The molecule has 1 atom stereocenters. The molecule has 18 nitrogen and oxygen atoms in total. The molecule has 1 aromatic heterocycles. The van der Waals surface area contributed by atoms with Gasteiger partial charge in [0, 0.05) is 43.0 Å². The highest BCUT2D eigenvalue weighted by Gasteiger charge is 2.43. The lowest BCUT2D eigenvalue weighted by atomic mass is 10.1. The van der Waals surface area contributed by atoms with Crippen LogP contribution in [-0.2, 0) is 28.5 Å². The first-order valence-corrected chi connectivity index (χ1v) is 20.5. The van der Waals surface area contributed by atoms with Crippen molar-refractivity contribution in [2.24, 2.45) is 16.7 Å². The number of hydrogen-bond donors (Lipinski definition) is 4. The summed E-state index contributed by atoms with van der Waals surface area (Å²) in [5, 5.41) is 13.8. The molecule has 326 valence electrons. The Bertz CT molecular complexity index is 2140. The molecule has 2 aliphatic heterocycles. The van der Waals surface area contributed by atoms with E-state index < -0.39 is 23.8 Å². The van der Waals surface area contributed by atoms with Gasteiger partial charge in [-0.3, -0.25) is 29.4 Å². The first-order valence-electron chi connectivity index (χ1n) is 20.5. The molecular weight excluding hydrogens is 789 g/mol. The van der Waals surface area contributed by atoms with Crippen molar-refractivity contribution in [2.75, 3.05) is 84.4 Å². The maximum absolute atomic E-state index is 13.3. The third-order valence-electron chi connectivity index (χ3n) is 10.4. The van der Waals surface area contributed by atoms with Gasteiger partial charge in [0.2, 0.25) is 12.3 Å². The number of benzene rings is 3. The molecule has 2 aliphatic rings. The summed E-state index contributed by atoms with van der Waals surface area (Å²) >= 11 is 0. The number of amidine groups is 1. The number of likely N-dealkylation sites (tertiary alicyclic amines) is 1. The van der Waals surface area contributed by atoms with E-state index in [0.717, 1.165) is 54.1 Å². The molecule has 4 aromatic rings. The van der Waals surface area contributed by atoms with Gasteiger partial charge < -0.3 is 50.0 Å². The van der Waals surface area contributed by atoms with E-state index in [9.17, 15) is 19.2 Å². The van der Waals surface area contributed by atoms with E-state index in [4.69, 9.17) is 39.8 Å². The van der Waals surface area contributed by atoms with Crippen molar-refractivity contribution in [3.8, 4) is 17.1 Å². The maximum Gasteiger partial charge on any atom is 0.264 e. The normalized spacial score (nSPS) is 15.3. The number of fused-ring (bicyclic) bond motifs is 2. The van der Waals surface area contributed by atoms with Crippen LogP contribution in [0.5, 0.6) is 5.75 Å². The number of aromatic nitrogens is 1. The van der Waals surface area contributed by atoms with Crippen LogP contribution in [0.2, 0.25) is 0 Å². The number of ether oxygens (including phenoxy) is 5. The van der Waals surface area contributed by atoms with E-state index in [1.807, 2.05) is 43.3 Å². The Morgan fingerprint density at radius 1 is 0.934 bits per heavy atom. The number of hydrazone groups is 1. The summed E-state index contributed by atoms with van der Waals surface area (Å²) < 4.78 is 34.7. The Morgan fingerprint density at radius 3 is 2.34 bits per heavy atom. The van der Waals surface area contributed by atoms with Crippen LogP contribution in [0.4, 0.5) is 5.69 Å². The quantitative estimate of drug-likeness (QED) is 0.0143. The van der Waals surface area contributed by atoms with Gasteiger partial charge in [-0.2, -0.15) is 5.10 Å². The fraction of sp³-hybridized carbons (Fsp3) is 0.442. The Morgan fingerprint density at radius 2 is 1.64 bits per heavy atom. The van der Waals surface area contributed by atoms with Gasteiger partial charge in [-0.05, 0) is 61.7 Å². The van der Waals surface area contributed by atoms with Gasteiger partial charge in [0.25, 0.3) is 11.8 Å². The molecule has 61 heavy (non-hydrogen) atoms. The number of nitrogens with one attached hydrogen (secondary N) is 2. The summed E-state index contributed by atoms with van der Waals surface area (Å²) in [4.78, 5) is 53.0. The molecule has 0 bridgehead atoms. The molecule has 0 spiro atoms. The Labute approximate surface area is 353 Å². The number of hydrogen-bond acceptors (Lipinski definition) is 15. The van der Waals surface area contributed by atoms with Crippen molar-refractivity contribution in [3.63, 3.8) is 0 Å². The van der Waals surface area contributed by atoms with Crippen LogP contribution in [0.25, 0.3) is 22.2 Å². The average molecular weight is 843 g/mol. The SMILES string of the molecule is CCCC(C(=O)NC=O)N1C(=O)c2cccc(NCCOCCOCCOCCOCCN3CCC(Oc4cccc(-c5onc6ccc(/C(N)=N/N)cc56)c4)CC3)c2C1=O. The molecule has 3 aromatic carbocycles. The summed E-state index contributed by atoms with van der Waals surface area (Å²) in [6.45, 7) is 8.44. The summed E-state index contributed by atoms with van der Waals surface area (Å²) in [6.07, 6.45) is 2.96. The van der Waals surface area contributed by atoms with Crippen molar-refractivity contribution in [3.05, 3.63) is 77.4 Å². The van der Waals surface area contributed by atoms with Crippen LogP contribution in [-0.4, -0.2) is 136 Å². The fourth-order valence-electron chi connectivity index (χ4n) is 7.29. The van der Waals surface area contributed by atoms with Crippen molar-refractivity contribution >= 4 is 46.6 Å². The lowest BCUT2D eigenvalue weighted by molar-refractivity contribution is -0.128. The molecule has 0 aliphatic carbocycles. The largest absolute Gasteiger partial charge is 0.490 e. The number of anilines is 1. The first kappa shape index (κ1) is 44.6. The third kappa shape index (κ3) is 11.7. The predicted octanol–water partition coefficient (Wildman–Crippen LogP) is 3.13. The van der Waals surface area contributed by atoms with E-state index >= 15 is 0 Å². The predicted molar refractivity (Wildman–Crippen MR) is 226 cm³/mol. The smallest absolute Gasteiger partial charge is 0.264 e. The number of amides is 4. The number of nitrogens with zero attached hydrogens (tertiary/aromatic N) is 4. The Balaban J connectivity index is 0.774. The van der Waals surface area contributed by atoms with Crippen molar-refractivity contribution in [1.29, 1.82) is 0 Å². The van der Waals surface area contributed by atoms with Crippen molar-refractivity contribution < 1.29 is 47.4 Å². The average Bonchev–Trinajstić information content (AvgIpc) is 3.82.